The third-order valence-electron chi connectivity index (χ3n) is 5.52. The molecule has 1 aromatic rings. The smallest absolute Gasteiger partial charge is 0.175 e. The number of oxime groups is 1. The summed E-state index contributed by atoms with van der Waals surface area (Å²) in [5, 5.41) is 22.3. The number of hydrogen-bond acceptors (Lipinski definition) is 5. The van der Waals surface area contributed by atoms with Gasteiger partial charge in [-0.2, -0.15) is 5.26 Å². The molecule has 2 rings (SSSR count). The van der Waals surface area contributed by atoms with Gasteiger partial charge in [-0.15, -0.1) is 0 Å². The molecule has 0 bridgehead atoms. The van der Waals surface area contributed by atoms with Crippen molar-refractivity contribution in [2.24, 2.45) is 16.8 Å². The molecule has 1 aliphatic rings. The minimum Gasteiger partial charge on any atom is -0.409 e. The Labute approximate surface area is 168 Å². The monoisotopic (exact) mass is 384 g/mol. The highest BCUT2D eigenvalue weighted by molar-refractivity contribution is 6.00. The largest absolute Gasteiger partial charge is 0.409 e. The van der Waals surface area contributed by atoms with Gasteiger partial charge in [-0.05, 0) is 50.8 Å². The molecular weight excluding hydrogens is 352 g/mol. The van der Waals surface area contributed by atoms with E-state index in [4.69, 9.17) is 15.7 Å². The number of benzene rings is 1. The molecule has 1 aromatic carbocycles. The predicted molar refractivity (Wildman–Crippen MR) is 111 cm³/mol. The van der Waals surface area contributed by atoms with Crippen LogP contribution in [0.2, 0.25) is 0 Å². The molecule has 0 radical (unpaired) electrons. The SMILES string of the molecule is CC(C)OC(C)(/C=C/C#N)C(C)CN(C)/C(=N\O)c1cccc2c1CC[C@H]2N. The van der Waals surface area contributed by atoms with Crippen LogP contribution in [0.3, 0.4) is 0 Å². The fraction of sp³-hybridized carbons (Fsp3) is 0.545. The molecule has 28 heavy (non-hydrogen) atoms. The Morgan fingerprint density at radius 3 is 2.82 bits per heavy atom. The van der Waals surface area contributed by atoms with E-state index in [1.165, 1.54) is 6.08 Å². The molecule has 3 atom stereocenters. The summed E-state index contributed by atoms with van der Waals surface area (Å²) in [6, 6.07) is 8.08. The maximum atomic E-state index is 9.78. The Hall–Kier alpha value is -2.36. The highest BCUT2D eigenvalue weighted by atomic mass is 16.5. The van der Waals surface area contributed by atoms with Crippen molar-refractivity contribution in [3.8, 4) is 6.07 Å². The zero-order valence-electron chi connectivity index (χ0n) is 17.5. The standard InChI is InChI=1S/C22H32N4O2/c1-15(2)28-22(4,12-7-13-23)16(3)14-26(5)21(25-27)19-9-6-8-18-17(19)10-11-20(18)24/h6-9,12,15-16,20,27H,10-11,14,24H2,1-5H3/b12-7+,25-21-/t16?,20-,22?/m1/s1. The van der Waals surface area contributed by atoms with Crippen LogP contribution in [0, 0.1) is 17.2 Å². The first-order chi connectivity index (χ1) is 13.2. The van der Waals surface area contributed by atoms with Gasteiger partial charge in [0.2, 0.25) is 0 Å². The zero-order chi connectivity index (χ0) is 20.9. The third kappa shape index (κ3) is 4.73. The van der Waals surface area contributed by atoms with Gasteiger partial charge in [0.15, 0.2) is 5.84 Å². The predicted octanol–water partition coefficient (Wildman–Crippen LogP) is 3.60. The maximum Gasteiger partial charge on any atom is 0.175 e. The number of hydrogen-bond donors (Lipinski definition) is 2. The quantitative estimate of drug-likeness (QED) is 0.246. The fourth-order valence-electron chi connectivity index (χ4n) is 3.94. The number of ether oxygens (including phenoxy) is 1. The Balaban J connectivity index is 2.26. The van der Waals surface area contributed by atoms with Crippen LogP contribution >= 0.6 is 0 Å². The zero-order valence-corrected chi connectivity index (χ0v) is 17.5. The average molecular weight is 385 g/mol. The molecule has 2 unspecified atom stereocenters. The number of amidine groups is 1. The molecule has 0 spiro atoms. The van der Waals surface area contributed by atoms with E-state index >= 15 is 0 Å². The topological polar surface area (TPSA) is 94.9 Å². The van der Waals surface area contributed by atoms with Crippen LogP contribution in [0.5, 0.6) is 0 Å². The average Bonchev–Trinajstić information content (AvgIpc) is 3.02. The Morgan fingerprint density at radius 1 is 1.50 bits per heavy atom. The van der Waals surface area contributed by atoms with Crippen molar-refractivity contribution in [3.63, 3.8) is 0 Å². The Kier molecular flexibility index (Phi) is 7.22. The van der Waals surface area contributed by atoms with E-state index in [2.05, 4.69) is 12.1 Å². The van der Waals surface area contributed by atoms with Crippen molar-refractivity contribution in [3.05, 3.63) is 47.0 Å². The normalized spacial score (nSPS) is 20.1. The van der Waals surface area contributed by atoms with Crippen LogP contribution < -0.4 is 5.73 Å². The molecule has 152 valence electrons. The summed E-state index contributed by atoms with van der Waals surface area (Å²) in [5.41, 5.74) is 8.79. The number of nitrogens with two attached hydrogens (primary N) is 1. The van der Waals surface area contributed by atoms with Gasteiger partial charge >= 0.3 is 0 Å². The lowest BCUT2D eigenvalue weighted by atomic mass is 9.89. The van der Waals surface area contributed by atoms with E-state index in [-0.39, 0.29) is 18.1 Å². The second-order valence-corrected chi connectivity index (χ2v) is 8.04. The van der Waals surface area contributed by atoms with E-state index < -0.39 is 5.60 Å². The van der Waals surface area contributed by atoms with E-state index in [0.29, 0.717) is 12.4 Å². The molecule has 0 saturated carbocycles. The van der Waals surface area contributed by atoms with Gasteiger partial charge in [0, 0.05) is 37.2 Å². The van der Waals surface area contributed by atoms with Gasteiger partial charge in [0.1, 0.15) is 0 Å². The molecule has 0 saturated heterocycles. The van der Waals surface area contributed by atoms with Crippen molar-refractivity contribution in [1.82, 2.24) is 4.90 Å². The van der Waals surface area contributed by atoms with Crippen molar-refractivity contribution >= 4 is 5.84 Å². The van der Waals surface area contributed by atoms with Crippen molar-refractivity contribution in [2.45, 2.75) is 58.3 Å². The van der Waals surface area contributed by atoms with Crippen molar-refractivity contribution < 1.29 is 9.94 Å². The van der Waals surface area contributed by atoms with Crippen LogP contribution in [-0.2, 0) is 11.2 Å². The highest BCUT2D eigenvalue weighted by Crippen LogP contribution is 2.33. The van der Waals surface area contributed by atoms with Crippen LogP contribution in [-0.4, -0.2) is 41.2 Å². The third-order valence-corrected chi connectivity index (χ3v) is 5.52. The Bertz CT molecular complexity index is 781. The molecule has 6 heteroatoms. The fourth-order valence-corrected chi connectivity index (χ4v) is 3.94. The summed E-state index contributed by atoms with van der Waals surface area (Å²) in [6.45, 7) is 8.60. The summed E-state index contributed by atoms with van der Waals surface area (Å²) in [6.07, 6.45) is 5.08. The number of nitriles is 1. The summed E-state index contributed by atoms with van der Waals surface area (Å²) < 4.78 is 6.13. The van der Waals surface area contributed by atoms with Crippen molar-refractivity contribution in [2.75, 3.05) is 13.6 Å². The number of rotatable bonds is 7. The first-order valence-electron chi connectivity index (χ1n) is 9.79. The molecule has 1 aliphatic carbocycles. The Morgan fingerprint density at radius 2 is 2.21 bits per heavy atom. The highest BCUT2D eigenvalue weighted by Gasteiger charge is 2.33. The molecule has 0 amide bonds. The van der Waals surface area contributed by atoms with E-state index in [9.17, 15) is 5.21 Å². The van der Waals surface area contributed by atoms with Gasteiger partial charge in [0.05, 0.1) is 17.8 Å². The van der Waals surface area contributed by atoms with Crippen molar-refractivity contribution in [1.29, 1.82) is 5.26 Å². The first kappa shape index (κ1) is 21.9. The lowest BCUT2D eigenvalue weighted by molar-refractivity contribution is -0.0698. The lowest BCUT2D eigenvalue weighted by Crippen LogP contribution is -2.44. The first-order valence-corrected chi connectivity index (χ1v) is 9.79. The summed E-state index contributed by atoms with van der Waals surface area (Å²) in [5.74, 6) is 0.564. The summed E-state index contributed by atoms with van der Waals surface area (Å²) in [4.78, 5) is 1.94. The number of fused-ring (bicyclic) bond motifs is 1. The molecular formula is C22H32N4O2. The van der Waals surface area contributed by atoms with Gasteiger partial charge in [0.25, 0.3) is 0 Å². The summed E-state index contributed by atoms with van der Waals surface area (Å²) in [7, 11) is 1.91. The van der Waals surface area contributed by atoms with Gasteiger partial charge in [-0.1, -0.05) is 30.3 Å². The number of allylic oxidation sites excluding steroid dienone is 1. The molecule has 0 heterocycles. The van der Waals surface area contributed by atoms with E-state index in [0.717, 1.165) is 29.5 Å². The number of nitrogens with zero attached hydrogens (tertiary/aromatic N) is 3. The molecule has 0 aromatic heterocycles. The minimum atomic E-state index is -0.611. The maximum absolute atomic E-state index is 9.78. The van der Waals surface area contributed by atoms with Crippen LogP contribution in [0.1, 0.15) is 56.8 Å². The van der Waals surface area contributed by atoms with Gasteiger partial charge < -0.3 is 20.6 Å². The lowest BCUT2D eigenvalue weighted by Gasteiger charge is -2.37. The van der Waals surface area contributed by atoms with Crippen LogP contribution in [0.25, 0.3) is 0 Å². The second kappa shape index (κ2) is 9.22. The van der Waals surface area contributed by atoms with Crippen LogP contribution in [0.4, 0.5) is 0 Å². The molecule has 0 fully saturated rings. The van der Waals surface area contributed by atoms with E-state index in [1.54, 1.807) is 6.08 Å². The van der Waals surface area contributed by atoms with Gasteiger partial charge in [-0.25, -0.2) is 0 Å². The van der Waals surface area contributed by atoms with E-state index in [1.807, 2.05) is 57.0 Å². The van der Waals surface area contributed by atoms with Crippen LogP contribution in [0.15, 0.2) is 35.5 Å². The molecule has 0 aliphatic heterocycles. The summed E-state index contributed by atoms with van der Waals surface area (Å²) >= 11 is 0. The van der Waals surface area contributed by atoms with Gasteiger partial charge in [-0.3, -0.25) is 0 Å². The second-order valence-electron chi connectivity index (χ2n) is 8.04. The minimum absolute atomic E-state index is 0.0194. The molecule has 6 nitrogen and oxygen atoms in total. The molecule has 3 N–H and O–H groups in total.